The number of methoxy groups -OCH3 is 2. The molecule has 0 bridgehead atoms. The van der Waals surface area contributed by atoms with Gasteiger partial charge in [-0.25, -0.2) is 0 Å². The Morgan fingerprint density at radius 2 is 2.05 bits per heavy atom. The van der Waals surface area contributed by atoms with E-state index in [9.17, 15) is 0 Å². The maximum Gasteiger partial charge on any atom is 0.191 e. The fourth-order valence-electron chi connectivity index (χ4n) is 2.57. The molecule has 0 aromatic carbocycles. The van der Waals surface area contributed by atoms with Gasteiger partial charge in [0.2, 0.25) is 0 Å². The van der Waals surface area contributed by atoms with E-state index in [4.69, 9.17) is 14.5 Å². The molecule has 0 saturated carbocycles. The van der Waals surface area contributed by atoms with Gasteiger partial charge in [0.05, 0.1) is 13.2 Å². The van der Waals surface area contributed by atoms with Crippen molar-refractivity contribution in [3.8, 4) is 0 Å². The van der Waals surface area contributed by atoms with Crippen molar-refractivity contribution in [1.29, 1.82) is 0 Å². The molecule has 6 heteroatoms. The Kier molecular flexibility index (Phi) is 10.2. The molecule has 1 fully saturated rings. The molecule has 124 valence electrons. The lowest BCUT2D eigenvalue weighted by atomic mass is 10.2. The van der Waals surface area contributed by atoms with Crippen LogP contribution in [0.3, 0.4) is 0 Å². The Bertz CT molecular complexity index is 287. The highest BCUT2D eigenvalue weighted by Gasteiger charge is 2.23. The Labute approximate surface area is 129 Å². The highest BCUT2D eigenvalue weighted by Crippen LogP contribution is 2.16. The van der Waals surface area contributed by atoms with E-state index in [2.05, 4.69) is 22.5 Å². The third kappa shape index (κ3) is 7.64. The maximum atomic E-state index is 5.18. The number of hydrogen-bond donors (Lipinski definition) is 2. The van der Waals surface area contributed by atoms with E-state index in [0.717, 1.165) is 51.8 Å². The predicted molar refractivity (Wildman–Crippen MR) is 86.9 cm³/mol. The highest BCUT2D eigenvalue weighted by atomic mass is 16.5. The average Bonchev–Trinajstić information content (AvgIpc) is 2.94. The minimum absolute atomic E-state index is 0.551. The molecule has 1 aliphatic heterocycles. The van der Waals surface area contributed by atoms with Crippen LogP contribution in [0.4, 0.5) is 0 Å². The van der Waals surface area contributed by atoms with Crippen LogP contribution in [0.25, 0.3) is 0 Å². The van der Waals surface area contributed by atoms with Gasteiger partial charge in [0.25, 0.3) is 0 Å². The zero-order valence-corrected chi connectivity index (χ0v) is 13.9. The summed E-state index contributed by atoms with van der Waals surface area (Å²) in [5.74, 6) is 0.909. The molecule has 1 saturated heterocycles. The molecule has 0 spiro atoms. The molecular formula is C15H32N4O2. The first kappa shape index (κ1) is 18.2. The molecule has 21 heavy (non-hydrogen) atoms. The van der Waals surface area contributed by atoms with Crippen molar-refractivity contribution in [3.05, 3.63) is 0 Å². The summed E-state index contributed by atoms with van der Waals surface area (Å²) in [6.45, 7) is 8.47. The van der Waals surface area contributed by atoms with Crippen molar-refractivity contribution in [2.45, 2.75) is 32.2 Å². The summed E-state index contributed by atoms with van der Waals surface area (Å²) in [7, 11) is 3.49. The van der Waals surface area contributed by atoms with E-state index in [0.29, 0.717) is 6.04 Å². The van der Waals surface area contributed by atoms with E-state index < -0.39 is 0 Å². The maximum absolute atomic E-state index is 5.18. The fraction of sp³-hybridized carbons (Fsp3) is 0.933. The Balaban J connectivity index is 2.36. The largest absolute Gasteiger partial charge is 0.385 e. The van der Waals surface area contributed by atoms with Gasteiger partial charge in [-0.15, -0.1) is 0 Å². The van der Waals surface area contributed by atoms with Gasteiger partial charge < -0.3 is 20.1 Å². The van der Waals surface area contributed by atoms with Gasteiger partial charge in [0.15, 0.2) is 5.96 Å². The molecule has 1 atom stereocenters. The summed E-state index contributed by atoms with van der Waals surface area (Å²) in [5.41, 5.74) is 0. The third-order valence-corrected chi connectivity index (χ3v) is 3.70. The normalized spacial score (nSPS) is 20.0. The smallest absolute Gasteiger partial charge is 0.191 e. The molecule has 0 aromatic rings. The number of hydrogen-bond acceptors (Lipinski definition) is 4. The molecule has 1 rings (SSSR count). The van der Waals surface area contributed by atoms with Gasteiger partial charge in [-0.1, -0.05) is 0 Å². The van der Waals surface area contributed by atoms with Crippen LogP contribution in [-0.4, -0.2) is 77.1 Å². The number of likely N-dealkylation sites (tertiary alicyclic amines) is 1. The number of ether oxygens (including phenoxy) is 2. The van der Waals surface area contributed by atoms with Crippen molar-refractivity contribution < 1.29 is 9.47 Å². The lowest BCUT2D eigenvalue weighted by Gasteiger charge is -2.23. The van der Waals surface area contributed by atoms with E-state index in [1.165, 1.54) is 19.4 Å². The first-order chi connectivity index (χ1) is 10.3. The van der Waals surface area contributed by atoms with E-state index in [1.54, 1.807) is 14.2 Å². The minimum Gasteiger partial charge on any atom is -0.385 e. The van der Waals surface area contributed by atoms with Crippen LogP contribution in [0.5, 0.6) is 0 Å². The molecule has 0 aliphatic carbocycles. The fourth-order valence-corrected chi connectivity index (χ4v) is 2.57. The summed E-state index contributed by atoms with van der Waals surface area (Å²) in [5, 5.41) is 6.65. The number of aliphatic imine (C=N–C) groups is 1. The quantitative estimate of drug-likeness (QED) is 0.353. The van der Waals surface area contributed by atoms with Gasteiger partial charge in [-0.3, -0.25) is 9.89 Å². The van der Waals surface area contributed by atoms with E-state index in [-0.39, 0.29) is 0 Å². The van der Waals surface area contributed by atoms with E-state index in [1.807, 2.05) is 0 Å². The second-order valence-electron chi connectivity index (χ2n) is 5.32. The zero-order chi connectivity index (χ0) is 15.3. The summed E-state index contributed by atoms with van der Waals surface area (Å²) >= 11 is 0. The third-order valence-electron chi connectivity index (χ3n) is 3.70. The van der Waals surface area contributed by atoms with Crippen molar-refractivity contribution in [1.82, 2.24) is 15.5 Å². The van der Waals surface area contributed by atoms with Gasteiger partial charge in [-0.05, 0) is 32.7 Å². The number of rotatable bonds is 10. The van der Waals surface area contributed by atoms with Gasteiger partial charge in [0, 0.05) is 46.5 Å². The summed E-state index contributed by atoms with van der Waals surface area (Å²) < 4.78 is 10.2. The Morgan fingerprint density at radius 3 is 2.76 bits per heavy atom. The summed E-state index contributed by atoms with van der Waals surface area (Å²) in [6, 6.07) is 0.551. The second kappa shape index (κ2) is 11.8. The lowest BCUT2D eigenvalue weighted by Crippen LogP contribution is -2.40. The lowest BCUT2D eigenvalue weighted by molar-refractivity contribution is 0.142. The van der Waals surface area contributed by atoms with Crippen molar-refractivity contribution in [2.24, 2.45) is 4.99 Å². The van der Waals surface area contributed by atoms with Gasteiger partial charge >= 0.3 is 0 Å². The second-order valence-corrected chi connectivity index (χ2v) is 5.32. The zero-order valence-electron chi connectivity index (χ0n) is 13.9. The molecule has 2 N–H and O–H groups in total. The van der Waals surface area contributed by atoms with Crippen LogP contribution in [-0.2, 0) is 9.47 Å². The molecule has 1 unspecified atom stereocenters. The van der Waals surface area contributed by atoms with Crippen molar-refractivity contribution >= 4 is 5.96 Å². The van der Waals surface area contributed by atoms with Gasteiger partial charge in [0.1, 0.15) is 0 Å². The Morgan fingerprint density at radius 1 is 1.24 bits per heavy atom. The highest BCUT2D eigenvalue weighted by molar-refractivity contribution is 5.79. The van der Waals surface area contributed by atoms with E-state index >= 15 is 0 Å². The number of nitrogens with zero attached hydrogens (tertiary/aromatic N) is 2. The van der Waals surface area contributed by atoms with Crippen molar-refractivity contribution in [3.63, 3.8) is 0 Å². The first-order valence-electron chi connectivity index (χ1n) is 8.06. The van der Waals surface area contributed by atoms with Crippen LogP contribution < -0.4 is 10.6 Å². The molecule has 0 aromatic heterocycles. The molecule has 0 amide bonds. The van der Waals surface area contributed by atoms with Gasteiger partial charge in [-0.2, -0.15) is 0 Å². The average molecular weight is 300 g/mol. The van der Waals surface area contributed by atoms with Crippen LogP contribution in [0.2, 0.25) is 0 Å². The summed E-state index contributed by atoms with van der Waals surface area (Å²) in [6.07, 6.45) is 3.49. The van der Waals surface area contributed by atoms with Crippen LogP contribution >= 0.6 is 0 Å². The SMILES string of the molecule is CCNC(=NCC1CCCN1CCOC)NCCCOC. The van der Waals surface area contributed by atoms with Crippen LogP contribution in [0, 0.1) is 0 Å². The minimum atomic E-state index is 0.551. The number of nitrogens with one attached hydrogen (secondary N) is 2. The topological polar surface area (TPSA) is 58.1 Å². The Hall–Kier alpha value is -0.850. The number of guanidine groups is 1. The molecule has 6 nitrogen and oxygen atoms in total. The van der Waals surface area contributed by atoms with Crippen LogP contribution in [0.1, 0.15) is 26.2 Å². The first-order valence-corrected chi connectivity index (χ1v) is 8.06. The molecule has 1 heterocycles. The monoisotopic (exact) mass is 300 g/mol. The molecular weight excluding hydrogens is 268 g/mol. The molecule has 1 aliphatic rings. The standard InChI is InChI=1S/C15H32N4O2/c1-4-16-15(17-8-6-11-20-2)18-13-14-7-5-9-19(14)10-12-21-3/h14H,4-13H2,1-3H3,(H2,16,17,18). The predicted octanol–water partition coefficient (Wildman–Crippen LogP) is 0.689. The van der Waals surface area contributed by atoms with Crippen molar-refractivity contribution in [2.75, 3.05) is 60.2 Å². The molecule has 0 radical (unpaired) electrons. The summed E-state index contributed by atoms with van der Waals surface area (Å²) in [4.78, 5) is 7.21. The van der Waals surface area contributed by atoms with Crippen LogP contribution in [0.15, 0.2) is 4.99 Å².